The molecular weight excluding hydrogens is 360 g/mol. The smallest absolute Gasteiger partial charge is 0.317 e. The summed E-state index contributed by atoms with van der Waals surface area (Å²) in [5.74, 6) is 0.459. The van der Waals surface area contributed by atoms with Crippen LogP contribution in [0.2, 0.25) is 0 Å². The highest BCUT2D eigenvalue weighted by Gasteiger charge is 2.30. The van der Waals surface area contributed by atoms with Crippen molar-refractivity contribution in [1.29, 1.82) is 0 Å². The highest BCUT2D eigenvalue weighted by molar-refractivity contribution is 7.10. The van der Waals surface area contributed by atoms with E-state index in [9.17, 15) is 9.59 Å². The van der Waals surface area contributed by atoms with Crippen molar-refractivity contribution in [2.75, 3.05) is 19.7 Å². The fourth-order valence-electron chi connectivity index (χ4n) is 4.32. The molecule has 150 valence electrons. The van der Waals surface area contributed by atoms with E-state index in [0.29, 0.717) is 19.1 Å². The van der Waals surface area contributed by atoms with Gasteiger partial charge in [-0.15, -0.1) is 11.3 Å². The van der Waals surface area contributed by atoms with Gasteiger partial charge in [-0.2, -0.15) is 0 Å². The Kier molecular flexibility index (Phi) is 7.56. The summed E-state index contributed by atoms with van der Waals surface area (Å²) >= 11 is 1.75. The molecule has 0 unspecified atom stereocenters. The Hall–Kier alpha value is -1.56. The van der Waals surface area contributed by atoms with Gasteiger partial charge in [0.25, 0.3) is 0 Å². The molecule has 3 rings (SSSR count). The van der Waals surface area contributed by atoms with Crippen LogP contribution in [-0.4, -0.2) is 36.6 Å². The van der Waals surface area contributed by atoms with Gasteiger partial charge >= 0.3 is 12.0 Å². The summed E-state index contributed by atoms with van der Waals surface area (Å²) in [7, 11) is 0. The predicted octanol–water partition coefficient (Wildman–Crippen LogP) is 4.74. The number of thiophene rings is 1. The van der Waals surface area contributed by atoms with Crippen molar-refractivity contribution >= 4 is 23.3 Å². The van der Waals surface area contributed by atoms with E-state index in [2.05, 4.69) is 22.8 Å². The molecule has 2 fully saturated rings. The van der Waals surface area contributed by atoms with Crippen molar-refractivity contribution in [2.45, 2.75) is 64.3 Å². The van der Waals surface area contributed by atoms with Crippen LogP contribution in [0.25, 0.3) is 0 Å². The lowest BCUT2D eigenvalue weighted by atomic mass is 9.82. The molecule has 0 spiro atoms. The van der Waals surface area contributed by atoms with Gasteiger partial charge in [-0.25, -0.2) is 4.79 Å². The second-order valence-electron chi connectivity index (χ2n) is 7.73. The lowest BCUT2D eigenvalue weighted by Gasteiger charge is -2.31. The molecule has 0 radical (unpaired) electrons. The Morgan fingerprint density at radius 3 is 2.70 bits per heavy atom. The van der Waals surface area contributed by atoms with E-state index in [1.807, 2.05) is 11.8 Å². The SMILES string of the molecule is CCOC(=O)C1CCC(CNC(=O)N2CCCCC[C@@H]2c2cccs2)CC1. The molecule has 0 aromatic carbocycles. The fraction of sp³-hybridized carbons (Fsp3) is 0.714. The van der Waals surface area contributed by atoms with Crippen LogP contribution >= 0.6 is 11.3 Å². The van der Waals surface area contributed by atoms with Gasteiger partial charge in [0.2, 0.25) is 0 Å². The number of carbonyl (C=O) groups excluding carboxylic acids is 2. The Bertz CT molecular complexity index is 597. The minimum Gasteiger partial charge on any atom is -0.466 e. The van der Waals surface area contributed by atoms with Gasteiger partial charge in [0, 0.05) is 18.0 Å². The fourth-order valence-corrected chi connectivity index (χ4v) is 5.20. The summed E-state index contributed by atoms with van der Waals surface area (Å²) in [5.41, 5.74) is 0. The summed E-state index contributed by atoms with van der Waals surface area (Å²) < 4.78 is 5.14. The van der Waals surface area contributed by atoms with Gasteiger partial charge < -0.3 is 15.0 Å². The maximum atomic E-state index is 12.9. The van der Waals surface area contributed by atoms with E-state index < -0.39 is 0 Å². The minimum absolute atomic E-state index is 0.0470. The normalized spacial score (nSPS) is 26.3. The number of likely N-dealkylation sites (tertiary alicyclic amines) is 1. The highest BCUT2D eigenvalue weighted by atomic mass is 32.1. The molecule has 5 nitrogen and oxygen atoms in total. The molecule has 6 heteroatoms. The summed E-state index contributed by atoms with van der Waals surface area (Å²) in [4.78, 5) is 28.1. The van der Waals surface area contributed by atoms with Gasteiger partial charge in [-0.1, -0.05) is 18.9 Å². The lowest BCUT2D eigenvalue weighted by Crippen LogP contribution is -2.44. The van der Waals surface area contributed by atoms with Crippen LogP contribution in [0, 0.1) is 11.8 Å². The molecule has 1 atom stereocenters. The molecule has 1 N–H and O–H groups in total. The van der Waals surface area contributed by atoms with Crippen LogP contribution in [0.5, 0.6) is 0 Å². The summed E-state index contributed by atoms with van der Waals surface area (Å²) in [6.07, 6.45) is 8.24. The molecule has 0 bridgehead atoms. The number of carbonyl (C=O) groups is 2. The second kappa shape index (κ2) is 10.1. The van der Waals surface area contributed by atoms with E-state index >= 15 is 0 Å². The molecule has 2 aliphatic rings. The molecule has 1 aromatic rings. The Morgan fingerprint density at radius 2 is 2.00 bits per heavy atom. The quantitative estimate of drug-likeness (QED) is 0.736. The first kappa shape index (κ1) is 20.2. The topological polar surface area (TPSA) is 58.6 Å². The standard InChI is InChI=1S/C21H32N2O3S/c1-2-26-20(24)17-11-9-16(10-12-17)15-22-21(25)23-13-5-3-4-7-18(23)19-8-6-14-27-19/h6,8,14,16-18H,2-5,7,9-13,15H2,1H3,(H,22,25)/t16?,17?,18-/m1/s1. The number of nitrogens with one attached hydrogen (secondary N) is 1. The van der Waals surface area contributed by atoms with Crippen molar-refractivity contribution in [1.82, 2.24) is 10.2 Å². The largest absolute Gasteiger partial charge is 0.466 e. The number of hydrogen-bond donors (Lipinski definition) is 1. The number of amides is 2. The zero-order valence-corrected chi connectivity index (χ0v) is 17.1. The number of ether oxygens (including phenoxy) is 1. The first-order valence-electron chi connectivity index (χ1n) is 10.4. The van der Waals surface area contributed by atoms with Crippen LogP contribution in [0.15, 0.2) is 17.5 Å². The summed E-state index contributed by atoms with van der Waals surface area (Å²) in [5, 5.41) is 5.28. The number of urea groups is 1. The predicted molar refractivity (Wildman–Crippen MR) is 108 cm³/mol. The minimum atomic E-state index is -0.0525. The maximum Gasteiger partial charge on any atom is 0.317 e. The molecule has 1 aliphatic carbocycles. The summed E-state index contributed by atoms with van der Waals surface area (Å²) in [6, 6.07) is 4.51. The van der Waals surface area contributed by atoms with Crippen molar-refractivity contribution in [3.05, 3.63) is 22.4 Å². The van der Waals surface area contributed by atoms with E-state index in [0.717, 1.165) is 45.1 Å². The molecule has 27 heavy (non-hydrogen) atoms. The third kappa shape index (κ3) is 5.47. The first-order chi connectivity index (χ1) is 13.2. The molecule has 1 aromatic heterocycles. The Morgan fingerprint density at radius 1 is 1.19 bits per heavy atom. The third-order valence-corrected chi connectivity index (χ3v) is 6.87. The molecule has 2 heterocycles. The third-order valence-electron chi connectivity index (χ3n) is 5.89. The van der Waals surface area contributed by atoms with E-state index in [4.69, 9.17) is 4.74 Å². The number of esters is 1. The summed E-state index contributed by atoms with van der Waals surface area (Å²) in [6.45, 7) is 3.85. The first-order valence-corrected chi connectivity index (χ1v) is 11.3. The van der Waals surface area contributed by atoms with Crippen molar-refractivity contribution < 1.29 is 14.3 Å². The van der Waals surface area contributed by atoms with Crippen LogP contribution in [0.1, 0.15) is 69.2 Å². The van der Waals surface area contributed by atoms with Crippen LogP contribution in [0.3, 0.4) is 0 Å². The lowest BCUT2D eigenvalue weighted by molar-refractivity contribution is -0.149. The number of rotatable bonds is 5. The van der Waals surface area contributed by atoms with Crippen molar-refractivity contribution in [3.8, 4) is 0 Å². The molecule has 1 aliphatic heterocycles. The molecule has 1 saturated heterocycles. The van der Waals surface area contributed by atoms with E-state index in [1.165, 1.54) is 17.7 Å². The van der Waals surface area contributed by atoms with Gasteiger partial charge in [-0.05, 0) is 62.8 Å². The van der Waals surface area contributed by atoms with Gasteiger partial charge in [-0.3, -0.25) is 4.79 Å². The van der Waals surface area contributed by atoms with E-state index in [1.54, 1.807) is 11.3 Å². The molecular formula is C21H32N2O3S. The highest BCUT2D eigenvalue weighted by Crippen LogP contribution is 2.33. The van der Waals surface area contributed by atoms with Gasteiger partial charge in [0.05, 0.1) is 18.6 Å². The zero-order chi connectivity index (χ0) is 19.1. The average molecular weight is 393 g/mol. The van der Waals surface area contributed by atoms with E-state index in [-0.39, 0.29) is 24.0 Å². The Labute approximate surface area is 166 Å². The average Bonchev–Trinajstić information content (AvgIpc) is 3.11. The van der Waals surface area contributed by atoms with Gasteiger partial charge in [0.1, 0.15) is 0 Å². The maximum absolute atomic E-state index is 12.9. The Balaban J connectivity index is 1.49. The van der Waals surface area contributed by atoms with Crippen molar-refractivity contribution in [2.24, 2.45) is 11.8 Å². The molecule has 2 amide bonds. The number of nitrogens with zero attached hydrogens (tertiary/aromatic N) is 1. The van der Waals surface area contributed by atoms with Gasteiger partial charge in [0.15, 0.2) is 0 Å². The zero-order valence-electron chi connectivity index (χ0n) is 16.3. The molecule has 1 saturated carbocycles. The monoisotopic (exact) mass is 392 g/mol. The van der Waals surface area contributed by atoms with Crippen LogP contribution < -0.4 is 5.32 Å². The van der Waals surface area contributed by atoms with Crippen LogP contribution in [-0.2, 0) is 9.53 Å². The number of hydrogen-bond acceptors (Lipinski definition) is 4. The van der Waals surface area contributed by atoms with Crippen LogP contribution in [0.4, 0.5) is 4.79 Å². The second-order valence-corrected chi connectivity index (χ2v) is 8.71. The van der Waals surface area contributed by atoms with Crippen molar-refractivity contribution in [3.63, 3.8) is 0 Å².